The molecule has 29 heavy (non-hydrogen) atoms. The van der Waals surface area contributed by atoms with Crippen molar-refractivity contribution in [3.05, 3.63) is 99.1 Å². The van der Waals surface area contributed by atoms with Crippen molar-refractivity contribution >= 4 is 5.91 Å². The monoisotopic (exact) mass is 390 g/mol. The molecule has 2 aromatic carbocycles. The Balaban J connectivity index is 1.35. The number of nitrogens with zero attached hydrogens (tertiary/aromatic N) is 1. The number of ether oxygens (including phenoxy) is 1. The topological polar surface area (TPSA) is 71.8 Å². The fourth-order valence-electron chi connectivity index (χ4n) is 3.42. The van der Waals surface area contributed by atoms with E-state index in [1.54, 1.807) is 31.3 Å². The van der Waals surface area contributed by atoms with Crippen molar-refractivity contribution in [1.82, 2.24) is 10.2 Å². The van der Waals surface area contributed by atoms with Gasteiger partial charge < -0.3 is 14.5 Å². The molecule has 0 radical (unpaired) electrons. The van der Waals surface area contributed by atoms with Gasteiger partial charge in [0.05, 0.1) is 6.54 Å². The van der Waals surface area contributed by atoms with Gasteiger partial charge in [-0.05, 0) is 28.8 Å². The van der Waals surface area contributed by atoms with E-state index in [0.29, 0.717) is 17.9 Å². The van der Waals surface area contributed by atoms with E-state index in [2.05, 4.69) is 22.3 Å². The minimum Gasteiger partial charge on any atom is -0.482 e. The molecular formula is C23H22N2O4. The van der Waals surface area contributed by atoms with Crippen molar-refractivity contribution in [2.75, 3.05) is 7.05 Å². The molecule has 1 aliphatic heterocycles. The van der Waals surface area contributed by atoms with Crippen molar-refractivity contribution < 1.29 is 13.9 Å². The number of amides is 1. The van der Waals surface area contributed by atoms with Gasteiger partial charge in [-0.2, -0.15) is 0 Å². The molecule has 0 unspecified atom stereocenters. The minimum absolute atomic E-state index is 0.144. The summed E-state index contributed by atoms with van der Waals surface area (Å²) in [4.78, 5) is 26.2. The number of hydrogen-bond acceptors (Lipinski definition) is 5. The van der Waals surface area contributed by atoms with E-state index in [1.165, 1.54) is 23.5 Å². The van der Waals surface area contributed by atoms with Gasteiger partial charge in [0.25, 0.3) is 5.91 Å². The zero-order valence-electron chi connectivity index (χ0n) is 16.2. The van der Waals surface area contributed by atoms with Gasteiger partial charge in [0.2, 0.25) is 11.2 Å². The first kappa shape index (κ1) is 19.0. The molecule has 1 aliphatic rings. The van der Waals surface area contributed by atoms with E-state index in [9.17, 15) is 9.59 Å². The van der Waals surface area contributed by atoms with E-state index < -0.39 is 0 Å². The number of hydrogen-bond donors (Lipinski definition) is 1. The molecule has 0 aliphatic carbocycles. The van der Waals surface area contributed by atoms with Crippen LogP contribution in [0.25, 0.3) is 0 Å². The molecule has 0 fully saturated rings. The van der Waals surface area contributed by atoms with Crippen molar-refractivity contribution in [2.24, 2.45) is 0 Å². The standard InChI is InChI=1S/C23H22N2O4/c1-24-23(27)17-8-6-16(7-9-17)14-29-22-15-28-20(10-21(22)26)13-25-11-18-4-2-3-5-19(18)12-25/h2-10,15H,11-14H2,1H3,(H,24,27). The van der Waals surface area contributed by atoms with Crippen LogP contribution in [-0.4, -0.2) is 17.9 Å². The van der Waals surface area contributed by atoms with Gasteiger partial charge in [0, 0.05) is 31.8 Å². The average molecular weight is 390 g/mol. The largest absolute Gasteiger partial charge is 0.482 e. The van der Waals surface area contributed by atoms with Crippen LogP contribution in [0, 0.1) is 0 Å². The zero-order valence-corrected chi connectivity index (χ0v) is 16.2. The molecule has 1 N–H and O–H groups in total. The number of carbonyl (C=O) groups is 1. The first-order valence-corrected chi connectivity index (χ1v) is 9.47. The van der Waals surface area contributed by atoms with Gasteiger partial charge in [-0.25, -0.2) is 0 Å². The van der Waals surface area contributed by atoms with Crippen LogP contribution in [-0.2, 0) is 26.2 Å². The predicted octanol–water partition coefficient (Wildman–Crippen LogP) is 3.09. The zero-order chi connectivity index (χ0) is 20.2. The molecule has 1 aromatic heterocycles. The van der Waals surface area contributed by atoms with Crippen molar-refractivity contribution in [3.8, 4) is 5.75 Å². The highest BCUT2D eigenvalue weighted by Crippen LogP contribution is 2.24. The lowest BCUT2D eigenvalue weighted by Gasteiger charge is -2.14. The third-order valence-corrected chi connectivity index (χ3v) is 4.98. The summed E-state index contributed by atoms with van der Waals surface area (Å²) in [6.07, 6.45) is 1.37. The number of rotatable bonds is 6. The third-order valence-electron chi connectivity index (χ3n) is 4.98. The summed E-state index contributed by atoms with van der Waals surface area (Å²) in [5, 5.41) is 2.57. The summed E-state index contributed by atoms with van der Waals surface area (Å²) in [6.45, 7) is 2.50. The maximum absolute atomic E-state index is 12.4. The van der Waals surface area contributed by atoms with Crippen molar-refractivity contribution in [2.45, 2.75) is 26.2 Å². The quantitative estimate of drug-likeness (QED) is 0.700. The molecule has 6 nitrogen and oxygen atoms in total. The lowest BCUT2D eigenvalue weighted by atomic mass is 10.1. The van der Waals surface area contributed by atoms with E-state index >= 15 is 0 Å². The summed E-state index contributed by atoms with van der Waals surface area (Å²) in [5.41, 5.74) is 3.86. The van der Waals surface area contributed by atoms with Gasteiger partial charge in [0.1, 0.15) is 18.6 Å². The Morgan fingerprint density at radius 3 is 2.41 bits per heavy atom. The second-order valence-corrected chi connectivity index (χ2v) is 7.05. The van der Waals surface area contributed by atoms with E-state index in [0.717, 1.165) is 18.7 Å². The molecule has 6 heteroatoms. The lowest BCUT2D eigenvalue weighted by Crippen LogP contribution is -2.18. The molecule has 1 amide bonds. The maximum Gasteiger partial charge on any atom is 0.251 e. The minimum atomic E-state index is -0.204. The molecule has 0 atom stereocenters. The summed E-state index contributed by atoms with van der Waals surface area (Å²) in [6, 6.07) is 16.9. The Kier molecular flexibility index (Phi) is 5.44. The first-order chi connectivity index (χ1) is 14.1. The van der Waals surface area contributed by atoms with E-state index in [-0.39, 0.29) is 23.7 Å². The van der Waals surface area contributed by atoms with Crippen LogP contribution in [0.2, 0.25) is 0 Å². The third kappa shape index (κ3) is 4.38. The van der Waals surface area contributed by atoms with Crippen molar-refractivity contribution in [1.29, 1.82) is 0 Å². The predicted molar refractivity (Wildman–Crippen MR) is 109 cm³/mol. The van der Waals surface area contributed by atoms with Gasteiger partial charge >= 0.3 is 0 Å². The Bertz CT molecular complexity index is 1050. The van der Waals surface area contributed by atoms with Gasteiger partial charge in [-0.1, -0.05) is 36.4 Å². The van der Waals surface area contributed by atoms with Gasteiger partial charge in [-0.15, -0.1) is 0 Å². The molecule has 148 valence electrons. The summed E-state index contributed by atoms with van der Waals surface area (Å²) in [7, 11) is 1.59. The molecule has 0 saturated heterocycles. The Hall–Kier alpha value is -3.38. The fourth-order valence-corrected chi connectivity index (χ4v) is 3.42. The van der Waals surface area contributed by atoms with Gasteiger partial charge in [-0.3, -0.25) is 14.5 Å². The molecule has 0 bridgehead atoms. The maximum atomic E-state index is 12.4. The van der Waals surface area contributed by atoms with E-state index in [1.807, 2.05) is 12.1 Å². The van der Waals surface area contributed by atoms with Crippen LogP contribution in [0.15, 0.2) is 70.1 Å². The van der Waals surface area contributed by atoms with Crippen LogP contribution in [0.3, 0.4) is 0 Å². The molecule has 3 aromatic rings. The molecular weight excluding hydrogens is 368 g/mol. The van der Waals surface area contributed by atoms with Crippen molar-refractivity contribution in [3.63, 3.8) is 0 Å². The summed E-state index contributed by atoms with van der Waals surface area (Å²) < 4.78 is 11.2. The number of benzene rings is 2. The van der Waals surface area contributed by atoms with Crippen LogP contribution >= 0.6 is 0 Å². The molecule has 0 spiro atoms. The van der Waals surface area contributed by atoms with Gasteiger partial charge in [0.15, 0.2) is 0 Å². The number of fused-ring (bicyclic) bond motifs is 1. The van der Waals surface area contributed by atoms with E-state index in [4.69, 9.17) is 9.15 Å². The highest BCUT2D eigenvalue weighted by Gasteiger charge is 2.19. The fraction of sp³-hybridized carbons (Fsp3) is 0.217. The second-order valence-electron chi connectivity index (χ2n) is 7.05. The van der Waals surface area contributed by atoms with Crippen LogP contribution < -0.4 is 15.5 Å². The Labute approximate surface area is 168 Å². The highest BCUT2D eigenvalue weighted by molar-refractivity contribution is 5.93. The normalized spacial score (nSPS) is 13.1. The Morgan fingerprint density at radius 2 is 1.79 bits per heavy atom. The lowest BCUT2D eigenvalue weighted by molar-refractivity contribution is 0.0963. The average Bonchev–Trinajstić information content (AvgIpc) is 3.15. The number of nitrogens with one attached hydrogen (secondary N) is 1. The number of carbonyl (C=O) groups excluding carboxylic acids is 1. The SMILES string of the molecule is CNC(=O)c1ccc(COc2coc(CN3Cc4ccccc4C3)cc2=O)cc1. The Morgan fingerprint density at radius 1 is 1.10 bits per heavy atom. The molecule has 0 saturated carbocycles. The smallest absolute Gasteiger partial charge is 0.251 e. The molecule has 2 heterocycles. The van der Waals surface area contributed by atoms with Crippen LogP contribution in [0.4, 0.5) is 0 Å². The molecule has 4 rings (SSSR count). The van der Waals surface area contributed by atoms with Crippen LogP contribution in [0.5, 0.6) is 5.75 Å². The summed E-state index contributed by atoms with van der Waals surface area (Å²) >= 11 is 0. The van der Waals surface area contributed by atoms with Crippen LogP contribution in [0.1, 0.15) is 32.8 Å². The first-order valence-electron chi connectivity index (χ1n) is 9.47. The second kappa shape index (κ2) is 8.32. The summed E-state index contributed by atoms with van der Waals surface area (Å²) in [5.74, 6) is 0.647. The highest BCUT2D eigenvalue weighted by atomic mass is 16.5.